The van der Waals surface area contributed by atoms with Gasteiger partial charge in [0.2, 0.25) is 5.95 Å². The number of hydrogen-bond acceptors (Lipinski definition) is 6. The number of rotatable bonds is 4. The number of piperazine rings is 1. The molecule has 1 saturated heterocycles. The molecule has 2 N–H and O–H groups in total. The van der Waals surface area contributed by atoms with Crippen LogP contribution in [0.1, 0.15) is 24.5 Å². The summed E-state index contributed by atoms with van der Waals surface area (Å²) in [5.74, 6) is 1.36. The summed E-state index contributed by atoms with van der Waals surface area (Å²) < 4.78 is 0. The molecule has 7 heteroatoms. The van der Waals surface area contributed by atoms with E-state index in [-0.39, 0.29) is 0 Å². The van der Waals surface area contributed by atoms with Crippen molar-refractivity contribution in [2.24, 2.45) is 4.99 Å². The highest BCUT2D eigenvalue weighted by molar-refractivity contribution is 6.32. The van der Waals surface area contributed by atoms with Crippen molar-refractivity contribution in [2.75, 3.05) is 29.9 Å². The summed E-state index contributed by atoms with van der Waals surface area (Å²) in [7, 11) is 0. The molecule has 1 unspecified atom stereocenters. The fourth-order valence-electron chi connectivity index (χ4n) is 3.29. The monoisotopic (exact) mass is 356 g/mol. The second-order valence-electron chi connectivity index (χ2n) is 6.33. The third-order valence-corrected chi connectivity index (χ3v) is 4.99. The quantitative estimate of drug-likeness (QED) is 0.881. The first-order valence-corrected chi connectivity index (χ1v) is 9.02. The second-order valence-corrected chi connectivity index (χ2v) is 6.74. The number of anilines is 3. The van der Waals surface area contributed by atoms with Crippen LogP contribution in [-0.2, 0) is 6.54 Å². The lowest BCUT2D eigenvalue weighted by atomic mass is 10.1. The van der Waals surface area contributed by atoms with Crippen LogP contribution in [0, 0.1) is 0 Å². The normalized spacial score (nSPS) is 19.1. The number of benzene rings is 1. The van der Waals surface area contributed by atoms with E-state index in [2.05, 4.69) is 44.6 Å². The topological polar surface area (TPSA) is 65.4 Å². The predicted octanol–water partition coefficient (Wildman–Crippen LogP) is 2.99. The van der Waals surface area contributed by atoms with Crippen LogP contribution in [0.25, 0.3) is 0 Å². The van der Waals surface area contributed by atoms with Crippen LogP contribution in [0.4, 0.5) is 17.5 Å². The molecule has 130 valence electrons. The smallest absolute Gasteiger partial charge is 0.227 e. The van der Waals surface area contributed by atoms with Gasteiger partial charge >= 0.3 is 0 Å². The average molecular weight is 357 g/mol. The molecular formula is C18H21ClN6. The fraction of sp³-hybridized carbons (Fsp3) is 0.389. The predicted molar refractivity (Wildman–Crippen MR) is 102 cm³/mol. The standard InChI is InChI=1S/C18H21ClN6/c1-2-15-10-20-5-6-25(15)18-22-11-16(19)17(24-18)23-14-4-3-12-8-21-9-13(12)7-14/h3-4,7,9,11,15,20H,2,5-6,8,10H2,1H3,(H,22,23,24). The molecule has 1 fully saturated rings. The van der Waals surface area contributed by atoms with Gasteiger partial charge in [-0.2, -0.15) is 4.98 Å². The van der Waals surface area contributed by atoms with Gasteiger partial charge in [0.1, 0.15) is 5.02 Å². The maximum atomic E-state index is 6.33. The lowest BCUT2D eigenvalue weighted by molar-refractivity contribution is 0.459. The minimum Gasteiger partial charge on any atom is -0.339 e. The van der Waals surface area contributed by atoms with Gasteiger partial charge in [-0.05, 0) is 29.7 Å². The van der Waals surface area contributed by atoms with E-state index in [1.165, 1.54) is 5.56 Å². The Kier molecular flexibility index (Phi) is 4.55. The fourth-order valence-corrected chi connectivity index (χ4v) is 3.43. The first-order valence-electron chi connectivity index (χ1n) is 8.64. The van der Waals surface area contributed by atoms with Crippen LogP contribution >= 0.6 is 11.6 Å². The van der Waals surface area contributed by atoms with E-state index < -0.39 is 0 Å². The van der Waals surface area contributed by atoms with Crippen LogP contribution in [0.5, 0.6) is 0 Å². The molecule has 3 heterocycles. The number of fused-ring (bicyclic) bond motifs is 1. The van der Waals surface area contributed by atoms with Crippen LogP contribution in [0.15, 0.2) is 29.4 Å². The number of nitrogens with zero attached hydrogens (tertiary/aromatic N) is 4. The summed E-state index contributed by atoms with van der Waals surface area (Å²) in [6.45, 7) is 5.74. The lowest BCUT2D eigenvalue weighted by Gasteiger charge is -2.35. The Morgan fingerprint density at radius 1 is 1.40 bits per heavy atom. The Bertz CT molecular complexity index is 806. The molecule has 1 atom stereocenters. The molecule has 2 aromatic rings. The van der Waals surface area contributed by atoms with Gasteiger partial charge < -0.3 is 15.5 Å². The molecule has 0 saturated carbocycles. The molecule has 2 aliphatic heterocycles. The number of aliphatic imine (C=N–C) groups is 1. The zero-order chi connectivity index (χ0) is 17.2. The SMILES string of the molecule is CCC1CNCCN1c1ncc(Cl)c(Nc2ccc3c(c2)C=NC3)n1. The first kappa shape index (κ1) is 16.3. The Hall–Kier alpha value is -2.18. The lowest BCUT2D eigenvalue weighted by Crippen LogP contribution is -2.51. The van der Waals surface area contributed by atoms with Gasteiger partial charge in [-0.15, -0.1) is 0 Å². The molecule has 0 radical (unpaired) electrons. The van der Waals surface area contributed by atoms with Gasteiger partial charge in [-0.1, -0.05) is 24.6 Å². The summed E-state index contributed by atoms with van der Waals surface area (Å²) in [5.41, 5.74) is 3.33. The summed E-state index contributed by atoms with van der Waals surface area (Å²) in [4.78, 5) is 15.7. The Balaban J connectivity index is 1.60. The van der Waals surface area contributed by atoms with E-state index in [0.29, 0.717) is 16.9 Å². The van der Waals surface area contributed by atoms with Crippen molar-refractivity contribution in [1.82, 2.24) is 15.3 Å². The molecule has 0 amide bonds. The number of halogens is 1. The summed E-state index contributed by atoms with van der Waals surface area (Å²) in [6.07, 6.45) is 4.63. The molecule has 1 aromatic carbocycles. The zero-order valence-electron chi connectivity index (χ0n) is 14.2. The van der Waals surface area contributed by atoms with E-state index in [9.17, 15) is 0 Å². The molecule has 6 nitrogen and oxygen atoms in total. The molecule has 0 spiro atoms. The molecule has 25 heavy (non-hydrogen) atoms. The number of aromatic nitrogens is 2. The summed E-state index contributed by atoms with van der Waals surface area (Å²) in [5, 5.41) is 7.27. The van der Waals surface area contributed by atoms with Crippen molar-refractivity contribution in [1.29, 1.82) is 0 Å². The largest absolute Gasteiger partial charge is 0.339 e. The molecule has 4 rings (SSSR count). The van der Waals surface area contributed by atoms with Crippen LogP contribution in [-0.4, -0.2) is 41.9 Å². The second kappa shape index (κ2) is 6.98. The van der Waals surface area contributed by atoms with Crippen molar-refractivity contribution in [3.8, 4) is 0 Å². The zero-order valence-corrected chi connectivity index (χ0v) is 14.9. The first-order chi connectivity index (χ1) is 12.2. The molecule has 0 bridgehead atoms. The Morgan fingerprint density at radius 3 is 3.20 bits per heavy atom. The van der Waals surface area contributed by atoms with Crippen molar-refractivity contribution < 1.29 is 0 Å². The Morgan fingerprint density at radius 2 is 2.32 bits per heavy atom. The Labute approximate surface area is 152 Å². The van der Waals surface area contributed by atoms with E-state index in [0.717, 1.165) is 49.8 Å². The van der Waals surface area contributed by atoms with Crippen LogP contribution in [0.3, 0.4) is 0 Å². The van der Waals surface area contributed by atoms with Crippen LogP contribution < -0.4 is 15.5 Å². The van der Waals surface area contributed by atoms with E-state index in [4.69, 9.17) is 16.6 Å². The maximum absolute atomic E-state index is 6.33. The van der Waals surface area contributed by atoms with Gasteiger partial charge in [-0.3, -0.25) is 4.99 Å². The van der Waals surface area contributed by atoms with Crippen LogP contribution in [0.2, 0.25) is 5.02 Å². The van der Waals surface area contributed by atoms with Gasteiger partial charge in [0, 0.05) is 37.6 Å². The van der Waals surface area contributed by atoms with Gasteiger partial charge in [0.15, 0.2) is 5.82 Å². The van der Waals surface area contributed by atoms with Crippen molar-refractivity contribution in [3.63, 3.8) is 0 Å². The molecule has 2 aliphatic rings. The van der Waals surface area contributed by atoms with Crippen molar-refractivity contribution in [3.05, 3.63) is 40.5 Å². The number of nitrogens with one attached hydrogen (secondary N) is 2. The third-order valence-electron chi connectivity index (χ3n) is 4.71. The highest BCUT2D eigenvalue weighted by Crippen LogP contribution is 2.27. The van der Waals surface area contributed by atoms with E-state index in [1.807, 2.05) is 12.3 Å². The van der Waals surface area contributed by atoms with Gasteiger partial charge in [0.25, 0.3) is 0 Å². The van der Waals surface area contributed by atoms with Crippen molar-refractivity contribution in [2.45, 2.75) is 25.9 Å². The van der Waals surface area contributed by atoms with Gasteiger partial charge in [0.05, 0.1) is 12.7 Å². The van der Waals surface area contributed by atoms with Crippen molar-refractivity contribution >= 4 is 35.3 Å². The minimum atomic E-state index is 0.402. The van der Waals surface area contributed by atoms with E-state index in [1.54, 1.807) is 6.20 Å². The minimum absolute atomic E-state index is 0.402. The third kappa shape index (κ3) is 3.32. The summed E-state index contributed by atoms with van der Waals surface area (Å²) in [6, 6.07) is 6.60. The van der Waals surface area contributed by atoms with Gasteiger partial charge in [-0.25, -0.2) is 4.98 Å². The highest BCUT2D eigenvalue weighted by atomic mass is 35.5. The average Bonchev–Trinajstić information content (AvgIpc) is 3.11. The van der Waals surface area contributed by atoms with E-state index >= 15 is 0 Å². The number of hydrogen-bond donors (Lipinski definition) is 2. The molecule has 1 aromatic heterocycles. The maximum Gasteiger partial charge on any atom is 0.227 e. The molecular weight excluding hydrogens is 336 g/mol. The summed E-state index contributed by atoms with van der Waals surface area (Å²) >= 11 is 6.33. The molecule has 0 aliphatic carbocycles. The highest BCUT2D eigenvalue weighted by Gasteiger charge is 2.23.